The number of nitrogens with zero attached hydrogens (tertiary/aromatic N) is 2. The Kier molecular flexibility index (Phi) is 5.46. The minimum Gasteiger partial charge on any atom is -0.481 e. The molecular formula is C15H20F3N3O2. The molecule has 0 aromatic carbocycles. The van der Waals surface area contributed by atoms with Gasteiger partial charge in [-0.25, -0.2) is 4.98 Å². The summed E-state index contributed by atoms with van der Waals surface area (Å²) in [5.41, 5.74) is 0.733. The molecule has 1 aliphatic rings. The van der Waals surface area contributed by atoms with Crippen molar-refractivity contribution in [1.82, 2.24) is 15.2 Å². The van der Waals surface area contributed by atoms with Crippen LogP contribution < -0.4 is 10.1 Å². The molecule has 23 heavy (non-hydrogen) atoms. The highest BCUT2D eigenvalue weighted by molar-refractivity contribution is 5.74. The van der Waals surface area contributed by atoms with Crippen molar-refractivity contribution < 1.29 is 22.7 Å². The molecule has 2 atom stereocenters. The fourth-order valence-corrected chi connectivity index (χ4v) is 2.74. The first-order valence-corrected chi connectivity index (χ1v) is 7.38. The maximum atomic E-state index is 13.0. The number of alkyl halides is 3. The maximum absolute atomic E-state index is 13.0. The third kappa shape index (κ3) is 4.57. The van der Waals surface area contributed by atoms with Crippen LogP contribution in [-0.2, 0) is 11.3 Å². The van der Waals surface area contributed by atoms with Crippen molar-refractivity contribution in [3.63, 3.8) is 0 Å². The number of hydrogen-bond donors (Lipinski definition) is 1. The summed E-state index contributed by atoms with van der Waals surface area (Å²) >= 11 is 0. The van der Waals surface area contributed by atoms with E-state index in [0.717, 1.165) is 10.6 Å². The van der Waals surface area contributed by atoms with Gasteiger partial charge in [0.2, 0.25) is 11.8 Å². The fraction of sp³-hybridized carbons (Fsp3) is 0.600. The van der Waals surface area contributed by atoms with Crippen LogP contribution in [0.1, 0.15) is 25.5 Å². The molecule has 0 aliphatic carbocycles. The van der Waals surface area contributed by atoms with Gasteiger partial charge in [0.05, 0.1) is 12.8 Å². The lowest BCUT2D eigenvalue weighted by molar-refractivity contribution is -0.196. The van der Waals surface area contributed by atoms with Gasteiger partial charge in [-0.05, 0) is 18.9 Å². The molecule has 1 aliphatic heterocycles. The zero-order chi connectivity index (χ0) is 17.0. The highest BCUT2D eigenvalue weighted by atomic mass is 19.4. The van der Waals surface area contributed by atoms with Crippen LogP contribution in [0.4, 0.5) is 13.2 Å². The quantitative estimate of drug-likeness (QED) is 0.918. The zero-order valence-electron chi connectivity index (χ0n) is 13.1. The fourth-order valence-electron chi connectivity index (χ4n) is 2.74. The molecule has 2 rings (SSSR count). The standard InChI is InChI=1S/C15H20F3N3O2/c1-10(22)21-9-12(6-7-13(21)15(16,17)18)19-8-11-4-3-5-14(20-11)23-2/h3-5,12-13,19H,6-9H2,1-2H3/t12-,13+/m0/s1. The summed E-state index contributed by atoms with van der Waals surface area (Å²) in [6.07, 6.45) is -4.12. The maximum Gasteiger partial charge on any atom is 0.408 e. The van der Waals surface area contributed by atoms with Crippen LogP contribution in [0.15, 0.2) is 18.2 Å². The van der Waals surface area contributed by atoms with Gasteiger partial charge in [0.25, 0.3) is 0 Å². The van der Waals surface area contributed by atoms with E-state index in [1.807, 2.05) is 0 Å². The molecule has 1 N–H and O–H groups in total. The number of ether oxygens (including phenoxy) is 1. The topological polar surface area (TPSA) is 54.5 Å². The van der Waals surface area contributed by atoms with Gasteiger partial charge < -0.3 is 15.0 Å². The number of hydrogen-bond acceptors (Lipinski definition) is 4. The smallest absolute Gasteiger partial charge is 0.408 e. The second-order valence-corrected chi connectivity index (χ2v) is 5.56. The summed E-state index contributed by atoms with van der Waals surface area (Å²) in [5.74, 6) is -0.0752. The largest absolute Gasteiger partial charge is 0.481 e. The highest BCUT2D eigenvalue weighted by Crippen LogP contribution is 2.32. The van der Waals surface area contributed by atoms with Gasteiger partial charge in [-0.1, -0.05) is 6.07 Å². The SMILES string of the molecule is COc1cccc(CN[C@H]2CC[C@H](C(F)(F)F)N(C(C)=O)C2)n1. The minimum atomic E-state index is -4.38. The summed E-state index contributed by atoms with van der Waals surface area (Å²) in [6, 6.07) is 3.44. The van der Waals surface area contributed by atoms with Crippen LogP contribution in [0.2, 0.25) is 0 Å². The Morgan fingerprint density at radius 2 is 2.17 bits per heavy atom. The van der Waals surface area contributed by atoms with Crippen molar-refractivity contribution in [3.8, 4) is 5.88 Å². The van der Waals surface area contributed by atoms with Crippen molar-refractivity contribution in [2.24, 2.45) is 0 Å². The third-order valence-corrected chi connectivity index (χ3v) is 3.93. The van der Waals surface area contributed by atoms with E-state index in [1.54, 1.807) is 18.2 Å². The first kappa shape index (κ1) is 17.5. The normalized spacial score (nSPS) is 22.0. The molecule has 1 amide bonds. The first-order chi connectivity index (χ1) is 10.8. The van der Waals surface area contributed by atoms with Crippen molar-refractivity contribution >= 4 is 5.91 Å². The lowest BCUT2D eigenvalue weighted by Gasteiger charge is -2.40. The Labute approximate surface area is 132 Å². The number of halogens is 3. The van der Waals surface area contributed by atoms with Crippen molar-refractivity contribution in [2.45, 2.75) is 44.6 Å². The molecule has 2 heterocycles. The number of amides is 1. The van der Waals surface area contributed by atoms with Crippen molar-refractivity contribution in [3.05, 3.63) is 23.9 Å². The molecule has 0 radical (unpaired) electrons. The van der Waals surface area contributed by atoms with Crippen LogP contribution in [-0.4, -0.2) is 47.7 Å². The second kappa shape index (κ2) is 7.16. The molecule has 8 heteroatoms. The summed E-state index contributed by atoms with van der Waals surface area (Å²) in [6.45, 7) is 1.62. The van der Waals surface area contributed by atoms with Crippen LogP contribution >= 0.6 is 0 Å². The number of piperidine rings is 1. The molecular weight excluding hydrogens is 311 g/mol. The number of methoxy groups -OCH3 is 1. The number of carbonyl (C=O) groups excluding carboxylic acids is 1. The number of likely N-dealkylation sites (tertiary alicyclic amines) is 1. The van der Waals surface area contributed by atoms with Gasteiger partial charge >= 0.3 is 6.18 Å². The third-order valence-electron chi connectivity index (χ3n) is 3.93. The highest BCUT2D eigenvalue weighted by Gasteiger charge is 2.47. The molecule has 0 bridgehead atoms. The summed E-state index contributed by atoms with van der Waals surface area (Å²) in [7, 11) is 1.52. The van der Waals surface area contributed by atoms with Gasteiger partial charge in [-0.15, -0.1) is 0 Å². The molecule has 1 aromatic rings. The molecule has 0 saturated carbocycles. The van der Waals surface area contributed by atoms with E-state index in [-0.39, 0.29) is 19.0 Å². The van der Waals surface area contributed by atoms with Crippen molar-refractivity contribution in [2.75, 3.05) is 13.7 Å². The number of carbonyl (C=O) groups is 1. The molecule has 1 fully saturated rings. The van der Waals surface area contributed by atoms with E-state index < -0.39 is 18.1 Å². The van der Waals surface area contributed by atoms with Gasteiger partial charge in [0.1, 0.15) is 6.04 Å². The number of aromatic nitrogens is 1. The average Bonchev–Trinajstić information content (AvgIpc) is 2.52. The van der Waals surface area contributed by atoms with E-state index in [0.29, 0.717) is 18.8 Å². The van der Waals surface area contributed by atoms with Gasteiger partial charge in [-0.2, -0.15) is 13.2 Å². The van der Waals surface area contributed by atoms with E-state index in [9.17, 15) is 18.0 Å². The Hall–Kier alpha value is -1.83. The molecule has 128 valence electrons. The van der Waals surface area contributed by atoms with Crippen LogP contribution in [0.5, 0.6) is 5.88 Å². The van der Waals surface area contributed by atoms with Crippen LogP contribution in [0.3, 0.4) is 0 Å². The predicted octanol–water partition coefficient (Wildman–Crippen LogP) is 2.12. The Bertz CT molecular complexity index is 551. The lowest BCUT2D eigenvalue weighted by Crippen LogP contribution is -2.57. The van der Waals surface area contributed by atoms with Crippen LogP contribution in [0, 0.1) is 0 Å². The molecule has 1 saturated heterocycles. The molecule has 5 nitrogen and oxygen atoms in total. The lowest BCUT2D eigenvalue weighted by atomic mass is 9.97. The summed E-state index contributed by atoms with van der Waals surface area (Å²) < 4.78 is 44.0. The Morgan fingerprint density at radius 1 is 1.43 bits per heavy atom. The first-order valence-electron chi connectivity index (χ1n) is 7.38. The molecule has 0 spiro atoms. The van der Waals surface area contributed by atoms with E-state index in [2.05, 4.69) is 10.3 Å². The van der Waals surface area contributed by atoms with Crippen LogP contribution in [0.25, 0.3) is 0 Å². The average molecular weight is 331 g/mol. The summed E-state index contributed by atoms with van der Waals surface area (Å²) in [4.78, 5) is 16.7. The van der Waals surface area contributed by atoms with E-state index >= 15 is 0 Å². The van der Waals surface area contributed by atoms with E-state index in [1.165, 1.54) is 14.0 Å². The van der Waals surface area contributed by atoms with Gasteiger partial charge in [0, 0.05) is 32.1 Å². The predicted molar refractivity (Wildman–Crippen MR) is 77.9 cm³/mol. The number of nitrogens with one attached hydrogen (secondary N) is 1. The number of rotatable bonds is 4. The minimum absolute atomic E-state index is 0.0451. The number of pyridine rings is 1. The Balaban J connectivity index is 1.96. The van der Waals surface area contributed by atoms with E-state index in [4.69, 9.17) is 4.74 Å². The molecule has 0 unspecified atom stereocenters. The van der Waals surface area contributed by atoms with Gasteiger partial charge in [-0.3, -0.25) is 4.79 Å². The van der Waals surface area contributed by atoms with Gasteiger partial charge in [0.15, 0.2) is 0 Å². The zero-order valence-corrected chi connectivity index (χ0v) is 13.1. The second-order valence-electron chi connectivity index (χ2n) is 5.56. The van der Waals surface area contributed by atoms with Crippen molar-refractivity contribution in [1.29, 1.82) is 0 Å². The molecule has 1 aromatic heterocycles. The summed E-state index contributed by atoms with van der Waals surface area (Å²) in [5, 5.41) is 3.17. The Morgan fingerprint density at radius 3 is 2.78 bits per heavy atom. The monoisotopic (exact) mass is 331 g/mol.